The van der Waals surface area contributed by atoms with Crippen LogP contribution >= 0.6 is 11.6 Å². The molecule has 0 fully saturated rings. The van der Waals surface area contributed by atoms with Crippen molar-refractivity contribution in [3.05, 3.63) is 99.6 Å². The van der Waals surface area contributed by atoms with Gasteiger partial charge in [-0.3, -0.25) is 4.79 Å². The van der Waals surface area contributed by atoms with Crippen molar-refractivity contribution in [3.63, 3.8) is 0 Å². The maximum absolute atomic E-state index is 13.0. The van der Waals surface area contributed by atoms with Crippen LogP contribution in [0.5, 0.6) is 5.75 Å². The zero-order valence-electron chi connectivity index (χ0n) is 17.9. The van der Waals surface area contributed by atoms with E-state index >= 15 is 0 Å². The Bertz CT molecular complexity index is 1060. The number of aryl methyl sites for hydroxylation is 2. The van der Waals surface area contributed by atoms with Crippen molar-refractivity contribution in [3.8, 4) is 5.75 Å². The van der Waals surface area contributed by atoms with Crippen LogP contribution in [-0.4, -0.2) is 5.91 Å². The van der Waals surface area contributed by atoms with Gasteiger partial charge in [-0.25, -0.2) is 0 Å². The number of hydrogen-bond acceptors (Lipinski definition) is 2. The summed E-state index contributed by atoms with van der Waals surface area (Å²) in [7, 11) is 0. The first kappa shape index (κ1) is 21.5. The van der Waals surface area contributed by atoms with Crippen molar-refractivity contribution in [2.75, 3.05) is 0 Å². The SMILES string of the molecule is CC[C@@H](NC(=O)c1cccc(OCc2ccccc2Cl)c1)c1ccc2c(c1)CCCC2. The Morgan fingerprint density at radius 1 is 1.00 bits per heavy atom. The van der Waals surface area contributed by atoms with Crippen molar-refractivity contribution in [1.29, 1.82) is 0 Å². The Morgan fingerprint density at radius 3 is 2.61 bits per heavy atom. The van der Waals surface area contributed by atoms with Gasteiger partial charge in [0, 0.05) is 16.1 Å². The number of carbonyl (C=O) groups is 1. The molecule has 0 aliphatic heterocycles. The molecule has 3 nitrogen and oxygen atoms in total. The van der Waals surface area contributed by atoms with Crippen LogP contribution in [-0.2, 0) is 19.4 Å². The molecule has 4 rings (SSSR count). The molecule has 0 aromatic heterocycles. The fourth-order valence-corrected chi connectivity index (χ4v) is 4.33. The highest BCUT2D eigenvalue weighted by atomic mass is 35.5. The molecule has 3 aromatic carbocycles. The average molecular weight is 434 g/mol. The number of halogens is 1. The van der Waals surface area contributed by atoms with E-state index in [-0.39, 0.29) is 11.9 Å². The van der Waals surface area contributed by atoms with E-state index in [2.05, 4.69) is 30.4 Å². The summed E-state index contributed by atoms with van der Waals surface area (Å²) in [6.45, 7) is 2.46. The number of rotatable bonds is 7. The van der Waals surface area contributed by atoms with Gasteiger partial charge in [0.15, 0.2) is 0 Å². The molecule has 31 heavy (non-hydrogen) atoms. The normalized spacial score (nSPS) is 13.9. The molecule has 1 N–H and O–H groups in total. The predicted octanol–water partition coefficient (Wildman–Crippen LogP) is 6.68. The highest BCUT2D eigenvalue weighted by molar-refractivity contribution is 6.31. The molecule has 160 valence electrons. The summed E-state index contributed by atoms with van der Waals surface area (Å²) in [5.74, 6) is 0.558. The number of nitrogens with one attached hydrogen (secondary N) is 1. The van der Waals surface area contributed by atoms with E-state index in [4.69, 9.17) is 16.3 Å². The second-order valence-corrected chi connectivity index (χ2v) is 8.48. The molecule has 0 saturated heterocycles. The lowest BCUT2D eigenvalue weighted by Gasteiger charge is -2.22. The number of ether oxygens (including phenoxy) is 1. The lowest BCUT2D eigenvalue weighted by Crippen LogP contribution is -2.28. The second-order valence-electron chi connectivity index (χ2n) is 8.08. The first-order valence-electron chi connectivity index (χ1n) is 11.0. The van der Waals surface area contributed by atoms with Gasteiger partial charge in [0.25, 0.3) is 5.91 Å². The molecule has 0 bridgehead atoms. The summed E-state index contributed by atoms with van der Waals surface area (Å²) in [6.07, 6.45) is 5.67. The van der Waals surface area contributed by atoms with E-state index in [9.17, 15) is 4.79 Å². The van der Waals surface area contributed by atoms with Gasteiger partial charge >= 0.3 is 0 Å². The zero-order chi connectivity index (χ0) is 21.6. The van der Waals surface area contributed by atoms with Crippen LogP contribution < -0.4 is 10.1 Å². The molecule has 0 unspecified atom stereocenters. The fraction of sp³-hybridized carbons (Fsp3) is 0.296. The third kappa shape index (κ3) is 5.29. The summed E-state index contributed by atoms with van der Waals surface area (Å²) >= 11 is 6.20. The molecule has 0 saturated carbocycles. The third-order valence-corrected chi connectivity index (χ3v) is 6.31. The van der Waals surface area contributed by atoms with Gasteiger partial charge in [-0.2, -0.15) is 0 Å². The number of amides is 1. The Hall–Kier alpha value is -2.78. The Morgan fingerprint density at radius 2 is 1.81 bits per heavy atom. The number of fused-ring (bicyclic) bond motifs is 1. The summed E-state index contributed by atoms with van der Waals surface area (Å²) in [6, 6.07) is 21.6. The number of hydrogen-bond donors (Lipinski definition) is 1. The van der Waals surface area contributed by atoms with Gasteiger partial charge in [0.05, 0.1) is 6.04 Å². The molecule has 0 radical (unpaired) electrons. The minimum Gasteiger partial charge on any atom is -0.489 e. The number of carbonyl (C=O) groups excluding carboxylic acids is 1. The maximum atomic E-state index is 13.0. The Kier molecular flexibility index (Phi) is 6.93. The van der Waals surface area contributed by atoms with Gasteiger partial charge < -0.3 is 10.1 Å². The first-order chi connectivity index (χ1) is 15.1. The lowest BCUT2D eigenvalue weighted by molar-refractivity contribution is 0.0935. The molecular formula is C27H28ClNO2. The first-order valence-corrected chi connectivity index (χ1v) is 11.4. The molecule has 4 heteroatoms. The van der Waals surface area contributed by atoms with E-state index in [0.717, 1.165) is 18.4 Å². The maximum Gasteiger partial charge on any atom is 0.251 e. The topological polar surface area (TPSA) is 38.3 Å². The molecular weight excluding hydrogens is 406 g/mol. The van der Waals surface area contributed by atoms with Crippen LogP contribution in [0, 0.1) is 0 Å². The lowest BCUT2D eigenvalue weighted by atomic mass is 9.88. The summed E-state index contributed by atoms with van der Waals surface area (Å²) in [5.41, 5.74) is 5.58. The van der Waals surface area contributed by atoms with Crippen molar-refractivity contribution in [1.82, 2.24) is 5.32 Å². The van der Waals surface area contributed by atoms with E-state index in [1.54, 1.807) is 6.07 Å². The van der Waals surface area contributed by atoms with Crippen molar-refractivity contribution in [2.45, 2.75) is 51.7 Å². The van der Waals surface area contributed by atoms with Crippen LogP contribution in [0.2, 0.25) is 5.02 Å². The molecule has 0 spiro atoms. The van der Waals surface area contributed by atoms with Crippen LogP contribution in [0.25, 0.3) is 0 Å². The molecule has 1 aliphatic rings. The minimum atomic E-state index is -0.0900. The number of benzene rings is 3. The summed E-state index contributed by atoms with van der Waals surface area (Å²) < 4.78 is 5.88. The van der Waals surface area contributed by atoms with E-state index in [0.29, 0.717) is 22.9 Å². The molecule has 1 amide bonds. The van der Waals surface area contributed by atoms with Crippen LogP contribution in [0.4, 0.5) is 0 Å². The second kappa shape index (κ2) is 10.0. The van der Waals surface area contributed by atoms with Gasteiger partial charge in [0.1, 0.15) is 12.4 Å². The van der Waals surface area contributed by atoms with Gasteiger partial charge in [-0.15, -0.1) is 0 Å². The zero-order valence-corrected chi connectivity index (χ0v) is 18.6. The minimum absolute atomic E-state index is 0.00701. The molecule has 1 aliphatic carbocycles. The van der Waals surface area contributed by atoms with Crippen LogP contribution in [0.3, 0.4) is 0 Å². The Labute approximate surface area is 189 Å². The largest absolute Gasteiger partial charge is 0.489 e. The third-order valence-electron chi connectivity index (χ3n) is 5.94. The van der Waals surface area contributed by atoms with Crippen molar-refractivity contribution >= 4 is 17.5 Å². The standard InChI is InChI=1S/C27H28ClNO2/c1-2-26(21-15-14-19-8-3-4-9-20(19)16-21)29-27(30)22-11-7-12-24(17-22)31-18-23-10-5-6-13-25(23)28/h5-7,10-17,26H,2-4,8-9,18H2,1H3,(H,29,30)/t26-/m1/s1. The smallest absolute Gasteiger partial charge is 0.251 e. The van der Waals surface area contributed by atoms with Gasteiger partial charge in [-0.1, -0.05) is 61.0 Å². The average Bonchev–Trinajstić information content (AvgIpc) is 2.81. The highest BCUT2D eigenvalue weighted by Crippen LogP contribution is 2.26. The Balaban J connectivity index is 1.44. The molecule has 1 atom stereocenters. The quantitative estimate of drug-likeness (QED) is 0.451. The summed E-state index contributed by atoms with van der Waals surface area (Å²) in [4.78, 5) is 13.0. The predicted molar refractivity (Wildman–Crippen MR) is 126 cm³/mol. The van der Waals surface area contributed by atoms with Gasteiger partial charge in [-0.05, 0) is 73.1 Å². The van der Waals surface area contributed by atoms with E-state index in [1.807, 2.05) is 42.5 Å². The molecule has 0 heterocycles. The summed E-state index contributed by atoms with van der Waals surface area (Å²) in [5, 5.41) is 3.87. The van der Waals surface area contributed by atoms with Gasteiger partial charge in [0.2, 0.25) is 0 Å². The van der Waals surface area contributed by atoms with E-state index in [1.165, 1.54) is 36.0 Å². The molecule has 3 aromatic rings. The van der Waals surface area contributed by atoms with E-state index < -0.39 is 0 Å². The highest BCUT2D eigenvalue weighted by Gasteiger charge is 2.17. The van der Waals surface area contributed by atoms with Crippen molar-refractivity contribution in [2.24, 2.45) is 0 Å². The fourth-order valence-electron chi connectivity index (χ4n) is 4.14. The monoisotopic (exact) mass is 433 g/mol. The van der Waals surface area contributed by atoms with Crippen molar-refractivity contribution < 1.29 is 9.53 Å². The van der Waals surface area contributed by atoms with Crippen LogP contribution in [0.15, 0.2) is 66.7 Å². The van der Waals surface area contributed by atoms with Crippen LogP contribution in [0.1, 0.15) is 64.8 Å².